The Labute approximate surface area is 130 Å². The molecule has 0 aromatic heterocycles. The topological polar surface area (TPSA) is 15.3 Å². The summed E-state index contributed by atoms with van der Waals surface area (Å²) in [5.74, 6) is 0. The van der Waals surface area contributed by atoms with E-state index in [2.05, 4.69) is 55.4 Å². The Hall–Kier alpha value is -0.860. The molecule has 21 heavy (non-hydrogen) atoms. The second-order valence-corrected chi connectivity index (χ2v) is 6.58. The number of nitrogens with one attached hydrogen (secondary N) is 1. The van der Waals surface area contributed by atoms with E-state index in [1.165, 1.54) is 56.2 Å². The molecule has 1 aliphatic rings. The average molecular weight is 288 g/mol. The molecule has 0 aliphatic heterocycles. The van der Waals surface area contributed by atoms with Crippen molar-refractivity contribution >= 4 is 0 Å². The van der Waals surface area contributed by atoms with Crippen molar-refractivity contribution in [2.75, 3.05) is 20.1 Å². The fraction of sp³-hybridized carbons (Fsp3) is 0.684. The van der Waals surface area contributed by atoms with E-state index in [9.17, 15) is 0 Å². The lowest BCUT2D eigenvalue weighted by molar-refractivity contribution is 0.183. The van der Waals surface area contributed by atoms with Gasteiger partial charge in [-0.25, -0.2) is 0 Å². The van der Waals surface area contributed by atoms with Crippen LogP contribution in [0.4, 0.5) is 0 Å². The predicted octanol–water partition coefficient (Wildman–Crippen LogP) is 4.30. The molecule has 118 valence electrons. The van der Waals surface area contributed by atoms with Crippen molar-refractivity contribution in [3.8, 4) is 0 Å². The van der Waals surface area contributed by atoms with Crippen molar-refractivity contribution in [3.05, 3.63) is 35.4 Å². The lowest BCUT2D eigenvalue weighted by Gasteiger charge is -2.32. The van der Waals surface area contributed by atoms with Gasteiger partial charge < -0.3 is 10.2 Å². The summed E-state index contributed by atoms with van der Waals surface area (Å²) in [5.41, 5.74) is 2.77. The second kappa shape index (κ2) is 8.55. The van der Waals surface area contributed by atoms with Gasteiger partial charge in [-0.1, -0.05) is 56.0 Å². The normalized spacial score (nSPS) is 18.1. The van der Waals surface area contributed by atoms with E-state index in [-0.39, 0.29) is 0 Å². The smallest absolute Gasteiger partial charge is 0.0332 e. The van der Waals surface area contributed by atoms with Crippen molar-refractivity contribution in [2.24, 2.45) is 0 Å². The molecule has 1 atom stereocenters. The quantitative estimate of drug-likeness (QED) is 0.804. The molecule has 2 rings (SSSR count). The molecule has 2 heteroatoms. The molecular formula is C19H32N2. The third-order valence-electron chi connectivity index (χ3n) is 4.90. The molecule has 0 spiro atoms. The molecule has 0 amide bonds. The first-order valence-corrected chi connectivity index (χ1v) is 8.71. The van der Waals surface area contributed by atoms with E-state index in [0.29, 0.717) is 6.04 Å². The van der Waals surface area contributed by atoms with Crippen molar-refractivity contribution in [1.82, 2.24) is 10.2 Å². The van der Waals surface area contributed by atoms with Gasteiger partial charge in [0, 0.05) is 12.1 Å². The highest BCUT2D eigenvalue weighted by Crippen LogP contribution is 2.23. The lowest BCUT2D eigenvalue weighted by atomic mass is 9.94. The molecule has 0 bridgehead atoms. The van der Waals surface area contributed by atoms with E-state index >= 15 is 0 Å². The fourth-order valence-electron chi connectivity index (χ4n) is 3.47. The average Bonchev–Trinajstić information content (AvgIpc) is 2.53. The fourth-order valence-corrected chi connectivity index (χ4v) is 3.47. The standard InChI is InChI=1S/C19H32N2/c1-4-20-19(17-12-10-16(2)11-13-17)14-15-21(3)18-8-6-5-7-9-18/h10-13,18-20H,4-9,14-15H2,1-3H3. The van der Waals surface area contributed by atoms with Crippen LogP contribution in [-0.2, 0) is 0 Å². The highest BCUT2D eigenvalue weighted by molar-refractivity contribution is 5.24. The van der Waals surface area contributed by atoms with Gasteiger partial charge in [0.25, 0.3) is 0 Å². The number of nitrogens with zero attached hydrogens (tertiary/aromatic N) is 1. The Morgan fingerprint density at radius 3 is 2.43 bits per heavy atom. The van der Waals surface area contributed by atoms with Gasteiger partial charge in [-0.3, -0.25) is 0 Å². The van der Waals surface area contributed by atoms with E-state index in [0.717, 1.165) is 12.6 Å². The summed E-state index contributed by atoms with van der Waals surface area (Å²) in [6.07, 6.45) is 8.27. The van der Waals surface area contributed by atoms with Crippen LogP contribution in [0.2, 0.25) is 0 Å². The summed E-state index contributed by atoms with van der Waals surface area (Å²) < 4.78 is 0. The SMILES string of the molecule is CCNC(CCN(C)C1CCCCC1)c1ccc(C)cc1. The predicted molar refractivity (Wildman–Crippen MR) is 91.7 cm³/mol. The molecule has 1 aromatic rings. The van der Waals surface area contributed by atoms with Gasteiger partial charge in [0.1, 0.15) is 0 Å². The second-order valence-electron chi connectivity index (χ2n) is 6.58. The van der Waals surface area contributed by atoms with Crippen LogP contribution in [0.3, 0.4) is 0 Å². The molecule has 0 heterocycles. The van der Waals surface area contributed by atoms with Gasteiger partial charge in [-0.15, -0.1) is 0 Å². The van der Waals surface area contributed by atoms with Crippen molar-refractivity contribution < 1.29 is 0 Å². The van der Waals surface area contributed by atoms with Gasteiger partial charge in [-0.05, 0) is 51.9 Å². The molecule has 1 aromatic carbocycles. The van der Waals surface area contributed by atoms with Gasteiger partial charge in [0.15, 0.2) is 0 Å². The summed E-state index contributed by atoms with van der Waals surface area (Å²) in [6, 6.07) is 10.3. The van der Waals surface area contributed by atoms with Crippen LogP contribution in [0.15, 0.2) is 24.3 Å². The Morgan fingerprint density at radius 1 is 1.14 bits per heavy atom. The number of hydrogen-bond donors (Lipinski definition) is 1. The Bertz CT molecular complexity index is 393. The molecule has 1 unspecified atom stereocenters. The van der Waals surface area contributed by atoms with E-state index in [4.69, 9.17) is 0 Å². The van der Waals surface area contributed by atoms with Crippen LogP contribution in [0, 0.1) is 6.92 Å². The highest BCUT2D eigenvalue weighted by atomic mass is 15.1. The van der Waals surface area contributed by atoms with Crippen molar-refractivity contribution in [2.45, 2.75) is 64.5 Å². The molecular weight excluding hydrogens is 256 g/mol. The lowest BCUT2D eigenvalue weighted by Crippen LogP contribution is -2.36. The van der Waals surface area contributed by atoms with Crippen LogP contribution in [-0.4, -0.2) is 31.1 Å². The summed E-state index contributed by atoms with van der Waals surface area (Å²) in [5, 5.41) is 3.65. The Kier molecular flexibility index (Phi) is 6.72. The maximum absolute atomic E-state index is 3.65. The molecule has 1 aliphatic carbocycles. The highest BCUT2D eigenvalue weighted by Gasteiger charge is 2.19. The molecule has 1 fully saturated rings. The van der Waals surface area contributed by atoms with E-state index in [1.807, 2.05) is 0 Å². The summed E-state index contributed by atoms with van der Waals surface area (Å²) in [7, 11) is 2.31. The molecule has 1 saturated carbocycles. The zero-order chi connectivity index (χ0) is 15.1. The van der Waals surface area contributed by atoms with Crippen LogP contribution >= 0.6 is 0 Å². The van der Waals surface area contributed by atoms with Gasteiger partial charge >= 0.3 is 0 Å². The summed E-state index contributed by atoms with van der Waals surface area (Å²) >= 11 is 0. The van der Waals surface area contributed by atoms with Crippen molar-refractivity contribution in [1.29, 1.82) is 0 Å². The first-order chi connectivity index (χ1) is 10.2. The van der Waals surface area contributed by atoms with Gasteiger partial charge in [0.2, 0.25) is 0 Å². The monoisotopic (exact) mass is 288 g/mol. The Morgan fingerprint density at radius 2 is 1.81 bits per heavy atom. The molecule has 1 N–H and O–H groups in total. The van der Waals surface area contributed by atoms with Crippen LogP contribution in [0.1, 0.15) is 62.6 Å². The maximum atomic E-state index is 3.65. The van der Waals surface area contributed by atoms with Crippen LogP contribution in [0.5, 0.6) is 0 Å². The van der Waals surface area contributed by atoms with Crippen LogP contribution < -0.4 is 5.32 Å². The summed E-state index contributed by atoms with van der Waals surface area (Å²) in [4.78, 5) is 2.59. The van der Waals surface area contributed by atoms with Gasteiger partial charge in [-0.2, -0.15) is 0 Å². The number of benzene rings is 1. The Balaban J connectivity index is 1.88. The number of hydrogen-bond acceptors (Lipinski definition) is 2. The minimum atomic E-state index is 0.488. The zero-order valence-corrected chi connectivity index (χ0v) is 14.1. The minimum absolute atomic E-state index is 0.488. The largest absolute Gasteiger partial charge is 0.310 e. The molecule has 0 saturated heterocycles. The van der Waals surface area contributed by atoms with Gasteiger partial charge in [0.05, 0.1) is 0 Å². The van der Waals surface area contributed by atoms with Crippen LogP contribution in [0.25, 0.3) is 0 Å². The minimum Gasteiger partial charge on any atom is -0.310 e. The molecule has 2 nitrogen and oxygen atoms in total. The molecule has 0 radical (unpaired) electrons. The summed E-state index contributed by atoms with van der Waals surface area (Å²) in [6.45, 7) is 6.58. The number of aryl methyl sites for hydroxylation is 1. The van der Waals surface area contributed by atoms with Crippen molar-refractivity contribution in [3.63, 3.8) is 0 Å². The number of rotatable bonds is 7. The first-order valence-electron chi connectivity index (χ1n) is 8.71. The third kappa shape index (κ3) is 5.12. The zero-order valence-electron chi connectivity index (χ0n) is 14.1. The first kappa shape index (κ1) is 16.5. The van der Waals surface area contributed by atoms with E-state index < -0.39 is 0 Å². The van der Waals surface area contributed by atoms with E-state index in [1.54, 1.807) is 0 Å². The third-order valence-corrected chi connectivity index (χ3v) is 4.90. The maximum Gasteiger partial charge on any atom is 0.0332 e.